The van der Waals surface area contributed by atoms with Gasteiger partial charge in [0.25, 0.3) is 6.01 Å². The molecule has 0 saturated carbocycles. The predicted molar refractivity (Wildman–Crippen MR) is 66.0 cm³/mol. The predicted octanol–water partition coefficient (Wildman–Crippen LogP) is -0.462. The first-order valence-corrected chi connectivity index (χ1v) is 5.39. The van der Waals surface area contributed by atoms with Crippen LogP contribution in [0.5, 0.6) is 0 Å². The molecule has 7 heteroatoms. The van der Waals surface area contributed by atoms with Gasteiger partial charge in [-0.25, -0.2) is 0 Å². The van der Waals surface area contributed by atoms with E-state index >= 15 is 0 Å². The summed E-state index contributed by atoms with van der Waals surface area (Å²) in [5, 5.41) is 30.2. The molecule has 0 aliphatic heterocycles. The molecule has 7 nitrogen and oxygen atoms in total. The van der Waals surface area contributed by atoms with Crippen LogP contribution in [0.4, 0.5) is 11.7 Å². The first-order chi connectivity index (χ1) is 8.62. The van der Waals surface area contributed by atoms with E-state index in [1.807, 2.05) is 0 Å². The maximum absolute atomic E-state index is 9.18. The van der Waals surface area contributed by atoms with Gasteiger partial charge < -0.3 is 30.8 Å². The molecular weight excluding hydrogens is 238 g/mol. The molecule has 18 heavy (non-hydrogen) atoms. The molecule has 0 atom stereocenters. The number of nitrogen functional groups attached to an aromatic ring is 1. The van der Waals surface area contributed by atoms with Gasteiger partial charge in [-0.1, -0.05) is 0 Å². The highest BCUT2D eigenvalue weighted by Crippen LogP contribution is 2.23. The summed E-state index contributed by atoms with van der Waals surface area (Å²) in [6, 6.07) is 5.09. The SMILES string of the molecule is Nc1ccc2oc(NC(CO)(CO)CO)nc2c1. The lowest BCUT2D eigenvalue weighted by Gasteiger charge is -2.27. The number of aliphatic hydroxyl groups excluding tert-OH is 3. The number of rotatable bonds is 5. The molecule has 0 radical (unpaired) electrons. The van der Waals surface area contributed by atoms with Gasteiger partial charge in [0.05, 0.1) is 19.8 Å². The molecule has 0 fully saturated rings. The van der Waals surface area contributed by atoms with Crippen LogP contribution in [0.25, 0.3) is 11.1 Å². The minimum absolute atomic E-state index is 0.104. The highest BCUT2D eigenvalue weighted by atomic mass is 16.4. The van der Waals surface area contributed by atoms with E-state index in [0.717, 1.165) is 0 Å². The number of nitrogens with two attached hydrogens (primary N) is 1. The third kappa shape index (κ3) is 2.23. The summed E-state index contributed by atoms with van der Waals surface area (Å²) in [4.78, 5) is 4.11. The number of aromatic nitrogens is 1. The van der Waals surface area contributed by atoms with Crippen LogP contribution in [0, 0.1) is 0 Å². The number of oxazole rings is 1. The lowest BCUT2D eigenvalue weighted by Crippen LogP contribution is -2.49. The third-order valence-corrected chi connectivity index (χ3v) is 2.69. The van der Waals surface area contributed by atoms with E-state index in [1.165, 1.54) is 0 Å². The molecule has 98 valence electrons. The molecule has 0 unspecified atom stereocenters. The number of fused-ring (bicyclic) bond motifs is 1. The van der Waals surface area contributed by atoms with Crippen LogP contribution in [0.3, 0.4) is 0 Å². The Balaban J connectivity index is 2.31. The number of nitrogens with one attached hydrogen (secondary N) is 1. The fraction of sp³-hybridized carbons (Fsp3) is 0.364. The number of anilines is 2. The summed E-state index contributed by atoms with van der Waals surface area (Å²) in [5.41, 5.74) is 5.98. The van der Waals surface area contributed by atoms with E-state index in [9.17, 15) is 15.3 Å². The van der Waals surface area contributed by atoms with Gasteiger partial charge in [0.1, 0.15) is 11.1 Å². The average Bonchev–Trinajstić information content (AvgIpc) is 2.77. The molecule has 2 aromatic rings. The van der Waals surface area contributed by atoms with E-state index in [2.05, 4.69) is 10.3 Å². The molecule has 0 amide bonds. The number of benzene rings is 1. The Morgan fingerprint density at radius 2 is 1.89 bits per heavy atom. The Kier molecular flexibility index (Phi) is 3.37. The first kappa shape index (κ1) is 12.6. The number of nitrogens with zero attached hydrogens (tertiary/aromatic N) is 1. The second kappa shape index (κ2) is 4.81. The number of hydrogen-bond acceptors (Lipinski definition) is 7. The zero-order valence-corrected chi connectivity index (χ0v) is 9.63. The fourth-order valence-electron chi connectivity index (χ4n) is 1.49. The van der Waals surface area contributed by atoms with Crippen molar-refractivity contribution in [3.05, 3.63) is 18.2 Å². The van der Waals surface area contributed by atoms with Crippen molar-refractivity contribution >= 4 is 22.8 Å². The Hall–Kier alpha value is -1.83. The van der Waals surface area contributed by atoms with Crippen LogP contribution >= 0.6 is 0 Å². The maximum Gasteiger partial charge on any atom is 0.296 e. The minimum atomic E-state index is -1.27. The normalized spacial score (nSPS) is 11.9. The van der Waals surface area contributed by atoms with E-state index < -0.39 is 25.4 Å². The quantitative estimate of drug-likeness (QED) is 0.456. The van der Waals surface area contributed by atoms with Crippen molar-refractivity contribution in [2.75, 3.05) is 30.9 Å². The molecule has 0 bridgehead atoms. The van der Waals surface area contributed by atoms with Crippen molar-refractivity contribution in [2.24, 2.45) is 0 Å². The van der Waals surface area contributed by atoms with Crippen molar-refractivity contribution in [3.63, 3.8) is 0 Å². The molecule has 2 rings (SSSR count). The summed E-state index contributed by atoms with van der Waals surface area (Å²) in [6.45, 7) is -1.37. The number of hydrogen-bond donors (Lipinski definition) is 5. The Labute approximate surface area is 103 Å². The topological polar surface area (TPSA) is 125 Å². The molecule has 0 saturated heterocycles. The molecule has 0 aliphatic carbocycles. The molecule has 1 heterocycles. The van der Waals surface area contributed by atoms with Crippen molar-refractivity contribution in [2.45, 2.75) is 5.54 Å². The standard InChI is InChI=1S/C11H15N3O4/c12-7-1-2-9-8(3-7)13-10(18-9)14-11(4-15,5-16)6-17/h1-3,15-17H,4-6,12H2,(H,13,14). The van der Waals surface area contributed by atoms with E-state index in [1.54, 1.807) is 18.2 Å². The molecule has 0 aliphatic rings. The summed E-state index contributed by atoms with van der Waals surface area (Å²) in [6.07, 6.45) is 0. The van der Waals surface area contributed by atoms with Crippen LogP contribution in [-0.2, 0) is 0 Å². The van der Waals surface area contributed by atoms with Crippen LogP contribution in [0.2, 0.25) is 0 Å². The van der Waals surface area contributed by atoms with Crippen LogP contribution in [0.1, 0.15) is 0 Å². The summed E-state index contributed by atoms with van der Waals surface area (Å²) in [5.74, 6) is 0. The van der Waals surface area contributed by atoms with E-state index in [-0.39, 0.29) is 6.01 Å². The minimum Gasteiger partial charge on any atom is -0.424 e. The van der Waals surface area contributed by atoms with Crippen LogP contribution in [-0.4, -0.2) is 45.7 Å². The van der Waals surface area contributed by atoms with Gasteiger partial charge >= 0.3 is 0 Å². The summed E-state index contributed by atoms with van der Waals surface area (Å²) >= 11 is 0. The van der Waals surface area contributed by atoms with Gasteiger partial charge in [0.15, 0.2) is 5.58 Å². The van der Waals surface area contributed by atoms with Gasteiger partial charge in [-0.05, 0) is 18.2 Å². The molecular formula is C11H15N3O4. The summed E-state index contributed by atoms with van der Waals surface area (Å²) < 4.78 is 5.37. The highest BCUT2D eigenvalue weighted by Gasteiger charge is 2.29. The molecule has 1 aromatic carbocycles. The largest absolute Gasteiger partial charge is 0.424 e. The van der Waals surface area contributed by atoms with Crippen molar-refractivity contribution in [1.82, 2.24) is 4.98 Å². The lowest BCUT2D eigenvalue weighted by atomic mass is 10.0. The Morgan fingerprint density at radius 1 is 1.22 bits per heavy atom. The Bertz CT molecular complexity index is 528. The van der Waals surface area contributed by atoms with Crippen molar-refractivity contribution < 1.29 is 19.7 Å². The zero-order valence-electron chi connectivity index (χ0n) is 9.63. The second-order valence-corrected chi connectivity index (χ2v) is 4.13. The zero-order chi connectivity index (χ0) is 13.2. The van der Waals surface area contributed by atoms with E-state index in [0.29, 0.717) is 16.8 Å². The second-order valence-electron chi connectivity index (χ2n) is 4.13. The van der Waals surface area contributed by atoms with Crippen LogP contribution in [0.15, 0.2) is 22.6 Å². The van der Waals surface area contributed by atoms with Gasteiger partial charge in [-0.3, -0.25) is 0 Å². The van der Waals surface area contributed by atoms with Gasteiger partial charge in [0.2, 0.25) is 0 Å². The van der Waals surface area contributed by atoms with Crippen molar-refractivity contribution in [1.29, 1.82) is 0 Å². The van der Waals surface area contributed by atoms with Crippen molar-refractivity contribution in [3.8, 4) is 0 Å². The highest BCUT2D eigenvalue weighted by molar-refractivity contribution is 5.78. The third-order valence-electron chi connectivity index (χ3n) is 2.69. The average molecular weight is 253 g/mol. The molecule has 1 aromatic heterocycles. The number of aliphatic hydroxyl groups is 3. The van der Waals surface area contributed by atoms with Gasteiger partial charge in [0, 0.05) is 5.69 Å². The molecule has 0 spiro atoms. The molecule has 6 N–H and O–H groups in total. The smallest absolute Gasteiger partial charge is 0.296 e. The fourth-order valence-corrected chi connectivity index (χ4v) is 1.49. The van der Waals surface area contributed by atoms with Gasteiger partial charge in [-0.15, -0.1) is 0 Å². The first-order valence-electron chi connectivity index (χ1n) is 5.39. The Morgan fingerprint density at radius 3 is 2.50 bits per heavy atom. The maximum atomic E-state index is 9.18. The van der Waals surface area contributed by atoms with E-state index in [4.69, 9.17) is 10.2 Å². The summed E-state index contributed by atoms with van der Waals surface area (Å²) in [7, 11) is 0. The lowest BCUT2D eigenvalue weighted by molar-refractivity contribution is 0.0817. The van der Waals surface area contributed by atoms with Gasteiger partial charge in [-0.2, -0.15) is 4.98 Å². The monoisotopic (exact) mass is 253 g/mol. The van der Waals surface area contributed by atoms with Crippen LogP contribution < -0.4 is 11.1 Å².